The van der Waals surface area contributed by atoms with Gasteiger partial charge in [0.2, 0.25) is 5.91 Å². The van der Waals surface area contributed by atoms with Crippen LogP contribution >= 0.6 is 0 Å². The van der Waals surface area contributed by atoms with E-state index in [2.05, 4.69) is 10.6 Å². The van der Waals surface area contributed by atoms with Crippen LogP contribution < -0.4 is 16.4 Å². The summed E-state index contributed by atoms with van der Waals surface area (Å²) in [5, 5.41) is 5.69. The molecule has 1 aromatic rings. The maximum Gasteiger partial charge on any atom is 0.239 e. The number of nitrogens with one attached hydrogen (secondary N) is 2. The van der Waals surface area contributed by atoms with Crippen LogP contribution in [0.25, 0.3) is 0 Å². The van der Waals surface area contributed by atoms with Crippen molar-refractivity contribution in [3.05, 3.63) is 24.3 Å². The SMILES string of the molecule is COCCNC(=O)CNc1cccc(N)c1. The minimum atomic E-state index is -0.0699. The predicted octanol–water partition coefficient (Wildman–Crippen LogP) is 0.443. The summed E-state index contributed by atoms with van der Waals surface area (Å²) >= 11 is 0. The van der Waals surface area contributed by atoms with Crippen molar-refractivity contribution < 1.29 is 9.53 Å². The quantitative estimate of drug-likeness (QED) is 0.483. The first-order chi connectivity index (χ1) is 7.72. The summed E-state index contributed by atoms with van der Waals surface area (Å²) in [6.07, 6.45) is 0. The van der Waals surface area contributed by atoms with Crippen molar-refractivity contribution in [1.82, 2.24) is 5.32 Å². The van der Waals surface area contributed by atoms with Gasteiger partial charge in [0.25, 0.3) is 0 Å². The van der Waals surface area contributed by atoms with E-state index < -0.39 is 0 Å². The molecule has 0 aliphatic rings. The fraction of sp³-hybridized carbons (Fsp3) is 0.364. The third-order valence-corrected chi connectivity index (χ3v) is 1.97. The molecule has 0 fully saturated rings. The molecule has 0 saturated heterocycles. The fourth-order valence-corrected chi connectivity index (χ4v) is 1.19. The van der Waals surface area contributed by atoms with Crippen LogP contribution in [0.2, 0.25) is 0 Å². The number of benzene rings is 1. The van der Waals surface area contributed by atoms with E-state index in [1.54, 1.807) is 19.2 Å². The van der Waals surface area contributed by atoms with E-state index in [4.69, 9.17) is 10.5 Å². The molecule has 0 aromatic heterocycles. The van der Waals surface area contributed by atoms with Crippen LogP contribution in [0.1, 0.15) is 0 Å². The summed E-state index contributed by atoms with van der Waals surface area (Å²) in [4.78, 5) is 11.3. The van der Waals surface area contributed by atoms with E-state index in [0.717, 1.165) is 5.69 Å². The molecule has 5 heteroatoms. The molecule has 0 spiro atoms. The van der Waals surface area contributed by atoms with E-state index in [1.165, 1.54) is 0 Å². The molecule has 1 aromatic carbocycles. The van der Waals surface area contributed by atoms with Gasteiger partial charge in [0, 0.05) is 25.0 Å². The van der Waals surface area contributed by atoms with Crippen LogP contribution in [-0.2, 0) is 9.53 Å². The molecule has 16 heavy (non-hydrogen) atoms. The van der Waals surface area contributed by atoms with E-state index in [-0.39, 0.29) is 12.5 Å². The van der Waals surface area contributed by atoms with Crippen molar-refractivity contribution in [2.45, 2.75) is 0 Å². The monoisotopic (exact) mass is 223 g/mol. The van der Waals surface area contributed by atoms with Gasteiger partial charge in [0.05, 0.1) is 13.2 Å². The number of carbonyl (C=O) groups excluding carboxylic acids is 1. The van der Waals surface area contributed by atoms with Gasteiger partial charge < -0.3 is 21.1 Å². The zero-order valence-corrected chi connectivity index (χ0v) is 9.32. The highest BCUT2D eigenvalue weighted by Crippen LogP contribution is 2.10. The lowest BCUT2D eigenvalue weighted by atomic mass is 10.3. The van der Waals surface area contributed by atoms with Crippen molar-refractivity contribution in [1.29, 1.82) is 0 Å². The van der Waals surface area contributed by atoms with Crippen LogP contribution in [0, 0.1) is 0 Å². The Bertz CT molecular complexity index is 342. The molecule has 0 aliphatic carbocycles. The van der Waals surface area contributed by atoms with Crippen LogP contribution in [-0.4, -0.2) is 32.7 Å². The molecule has 0 atom stereocenters. The Balaban J connectivity index is 2.26. The first-order valence-corrected chi connectivity index (χ1v) is 5.07. The van der Waals surface area contributed by atoms with Crippen molar-refractivity contribution in [2.24, 2.45) is 0 Å². The summed E-state index contributed by atoms with van der Waals surface area (Å²) in [5.41, 5.74) is 7.11. The van der Waals surface area contributed by atoms with Crippen LogP contribution in [0.3, 0.4) is 0 Å². The molecule has 0 saturated carbocycles. The van der Waals surface area contributed by atoms with Crippen LogP contribution in [0.15, 0.2) is 24.3 Å². The molecule has 0 aliphatic heterocycles. The second-order valence-electron chi connectivity index (χ2n) is 3.32. The van der Waals surface area contributed by atoms with Crippen molar-refractivity contribution in [2.75, 3.05) is 37.9 Å². The Labute approximate surface area is 95.0 Å². The zero-order chi connectivity index (χ0) is 11.8. The average molecular weight is 223 g/mol. The maximum absolute atomic E-state index is 11.3. The first kappa shape index (κ1) is 12.3. The second-order valence-corrected chi connectivity index (χ2v) is 3.32. The van der Waals surface area contributed by atoms with Gasteiger partial charge in [-0.3, -0.25) is 4.79 Å². The maximum atomic E-state index is 11.3. The highest BCUT2D eigenvalue weighted by atomic mass is 16.5. The Kier molecular flexibility index (Phi) is 5.15. The van der Waals surface area contributed by atoms with Gasteiger partial charge in [-0.1, -0.05) is 6.07 Å². The standard InChI is InChI=1S/C11H17N3O2/c1-16-6-5-13-11(15)8-14-10-4-2-3-9(12)7-10/h2-4,7,14H,5-6,8,12H2,1H3,(H,13,15). The predicted molar refractivity (Wildman–Crippen MR) is 64.2 cm³/mol. The first-order valence-electron chi connectivity index (χ1n) is 5.07. The summed E-state index contributed by atoms with van der Waals surface area (Å²) in [7, 11) is 1.59. The Hall–Kier alpha value is -1.75. The molecular formula is C11H17N3O2. The normalized spacial score (nSPS) is 9.81. The largest absolute Gasteiger partial charge is 0.399 e. The number of hydrogen-bond acceptors (Lipinski definition) is 4. The average Bonchev–Trinajstić information content (AvgIpc) is 2.27. The summed E-state index contributed by atoms with van der Waals surface area (Å²) in [6.45, 7) is 1.27. The third kappa shape index (κ3) is 4.65. The number of amides is 1. The van der Waals surface area contributed by atoms with Gasteiger partial charge in [-0.25, -0.2) is 0 Å². The van der Waals surface area contributed by atoms with E-state index >= 15 is 0 Å². The number of rotatable bonds is 6. The lowest BCUT2D eigenvalue weighted by Crippen LogP contribution is -2.32. The minimum Gasteiger partial charge on any atom is -0.399 e. The molecule has 0 heterocycles. The summed E-state index contributed by atoms with van der Waals surface area (Å²) < 4.78 is 4.82. The highest BCUT2D eigenvalue weighted by Gasteiger charge is 1.99. The van der Waals surface area contributed by atoms with E-state index in [1.807, 2.05) is 12.1 Å². The molecular weight excluding hydrogens is 206 g/mol. The Morgan fingerprint density at radius 3 is 3.00 bits per heavy atom. The van der Waals surface area contributed by atoms with E-state index in [9.17, 15) is 4.79 Å². The van der Waals surface area contributed by atoms with Gasteiger partial charge in [0.15, 0.2) is 0 Å². The third-order valence-electron chi connectivity index (χ3n) is 1.97. The Morgan fingerprint density at radius 2 is 2.31 bits per heavy atom. The van der Waals surface area contributed by atoms with Crippen molar-refractivity contribution in [3.8, 4) is 0 Å². The number of hydrogen-bond donors (Lipinski definition) is 3. The number of methoxy groups -OCH3 is 1. The molecule has 1 rings (SSSR count). The van der Waals surface area contributed by atoms with Crippen LogP contribution in [0.5, 0.6) is 0 Å². The van der Waals surface area contributed by atoms with Crippen molar-refractivity contribution >= 4 is 17.3 Å². The minimum absolute atomic E-state index is 0.0699. The Morgan fingerprint density at radius 1 is 1.50 bits per heavy atom. The van der Waals surface area contributed by atoms with Gasteiger partial charge in [-0.15, -0.1) is 0 Å². The van der Waals surface area contributed by atoms with Crippen LogP contribution in [0.4, 0.5) is 11.4 Å². The molecule has 0 bridgehead atoms. The second kappa shape index (κ2) is 6.68. The topological polar surface area (TPSA) is 76.4 Å². The number of nitrogens with two attached hydrogens (primary N) is 1. The molecule has 88 valence electrons. The highest BCUT2D eigenvalue weighted by molar-refractivity contribution is 5.80. The van der Waals surface area contributed by atoms with Gasteiger partial charge in [-0.2, -0.15) is 0 Å². The molecule has 5 nitrogen and oxygen atoms in total. The number of nitrogen functional groups attached to an aromatic ring is 1. The lowest BCUT2D eigenvalue weighted by molar-refractivity contribution is -0.119. The smallest absolute Gasteiger partial charge is 0.239 e. The van der Waals surface area contributed by atoms with Gasteiger partial charge in [0.1, 0.15) is 0 Å². The number of carbonyl (C=O) groups is 1. The molecule has 1 amide bonds. The van der Waals surface area contributed by atoms with E-state index in [0.29, 0.717) is 18.8 Å². The lowest BCUT2D eigenvalue weighted by Gasteiger charge is -2.07. The van der Waals surface area contributed by atoms with Gasteiger partial charge in [-0.05, 0) is 18.2 Å². The number of anilines is 2. The summed E-state index contributed by atoms with van der Waals surface area (Å²) in [6, 6.07) is 7.27. The molecule has 0 radical (unpaired) electrons. The molecule has 0 unspecified atom stereocenters. The number of ether oxygens (including phenoxy) is 1. The zero-order valence-electron chi connectivity index (χ0n) is 9.32. The molecule has 4 N–H and O–H groups in total. The summed E-state index contributed by atoms with van der Waals surface area (Å²) in [5.74, 6) is -0.0699. The van der Waals surface area contributed by atoms with Crippen molar-refractivity contribution in [3.63, 3.8) is 0 Å². The fourth-order valence-electron chi connectivity index (χ4n) is 1.19. The van der Waals surface area contributed by atoms with Gasteiger partial charge >= 0.3 is 0 Å².